The molecule has 0 saturated heterocycles. The van der Waals surface area contributed by atoms with Gasteiger partial charge in [-0.05, 0) is 61.9 Å². The maximum Gasteiger partial charge on any atom is 0.211 e. The zero-order chi connectivity index (χ0) is 23.8. The monoisotopic (exact) mass is 540 g/mol. The van der Waals surface area contributed by atoms with Crippen molar-refractivity contribution in [2.75, 3.05) is 11.1 Å². The van der Waals surface area contributed by atoms with Crippen LogP contribution in [0.15, 0.2) is 87.1 Å². The summed E-state index contributed by atoms with van der Waals surface area (Å²) in [6.07, 6.45) is 0. The first-order chi connectivity index (χ1) is 15.7. The normalized spacial score (nSPS) is 11.4. The van der Waals surface area contributed by atoms with Crippen LogP contribution in [0.5, 0.6) is 0 Å². The first-order valence-corrected chi connectivity index (χ1v) is 13.1. The zero-order valence-corrected chi connectivity index (χ0v) is 21.1. The summed E-state index contributed by atoms with van der Waals surface area (Å²) in [7, 11) is -3.99. The van der Waals surface area contributed by atoms with E-state index in [2.05, 4.69) is 21.2 Å². The molecule has 33 heavy (non-hydrogen) atoms. The summed E-state index contributed by atoms with van der Waals surface area (Å²) in [5, 5.41) is 3.51. The Labute approximate surface area is 205 Å². The van der Waals surface area contributed by atoms with Crippen molar-refractivity contribution in [3.63, 3.8) is 0 Å². The second-order valence-corrected chi connectivity index (χ2v) is 11.4. The minimum atomic E-state index is -3.99. The third-order valence-electron chi connectivity index (χ3n) is 5.21. The van der Waals surface area contributed by atoms with Crippen LogP contribution >= 0.6 is 27.3 Å². The van der Waals surface area contributed by atoms with E-state index in [4.69, 9.17) is 5.73 Å². The average Bonchev–Trinajstić information content (AvgIpc) is 3.12. The Bertz CT molecular complexity index is 1440. The largest absolute Gasteiger partial charge is 0.396 e. The summed E-state index contributed by atoms with van der Waals surface area (Å²) >= 11 is 4.40. The number of benzene rings is 3. The lowest BCUT2D eigenvalue weighted by molar-refractivity contribution is 0.104. The fourth-order valence-corrected chi connectivity index (χ4v) is 6.54. The predicted octanol–water partition coefficient (Wildman–Crippen LogP) is 6.52. The third kappa shape index (κ3) is 4.59. The Balaban J connectivity index is 1.89. The summed E-state index contributed by atoms with van der Waals surface area (Å²) in [6, 6.07) is 21.0. The highest BCUT2D eigenvalue weighted by Crippen LogP contribution is 2.44. The van der Waals surface area contributed by atoms with Gasteiger partial charge in [-0.25, -0.2) is 8.42 Å². The second kappa shape index (κ2) is 9.13. The number of sulfone groups is 1. The molecule has 0 bridgehead atoms. The maximum absolute atomic E-state index is 13.6. The summed E-state index contributed by atoms with van der Waals surface area (Å²) in [4.78, 5) is 13.5. The van der Waals surface area contributed by atoms with E-state index in [1.54, 1.807) is 48.5 Å². The molecule has 3 N–H and O–H groups in total. The van der Waals surface area contributed by atoms with E-state index in [1.165, 1.54) is 0 Å². The molecule has 0 spiro atoms. The Morgan fingerprint density at radius 1 is 0.939 bits per heavy atom. The van der Waals surface area contributed by atoms with E-state index < -0.39 is 9.84 Å². The van der Waals surface area contributed by atoms with Crippen LogP contribution in [-0.4, -0.2) is 14.2 Å². The molecule has 0 atom stereocenters. The molecule has 1 aromatic heterocycles. The quantitative estimate of drug-likeness (QED) is 0.272. The first-order valence-electron chi connectivity index (χ1n) is 10.1. The lowest BCUT2D eigenvalue weighted by atomic mass is 10.1. The molecule has 4 aromatic rings. The van der Waals surface area contributed by atoms with Gasteiger partial charge < -0.3 is 11.1 Å². The summed E-state index contributed by atoms with van der Waals surface area (Å²) in [5.41, 5.74) is 9.36. The number of aryl methyl sites for hydroxylation is 2. The van der Waals surface area contributed by atoms with Crippen molar-refractivity contribution in [2.24, 2.45) is 0 Å². The van der Waals surface area contributed by atoms with Gasteiger partial charge in [-0.2, -0.15) is 0 Å². The molecule has 3 aromatic carbocycles. The molecule has 0 fully saturated rings. The van der Waals surface area contributed by atoms with E-state index >= 15 is 0 Å². The Morgan fingerprint density at radius 2 is 1.58 bits per heavy atom. The number of anilines is 3. The number of nitrogen functional groups attached to an aromatic ring is 1. The van der Waals surface area contributed by atoms with Gasteiger partial charge in [-0.1, -0.05) is 51.8 Å². The number of halogens is 1. The van der Waals surface area contributed by atoms with E-state index in [1.807, 2.05) is 38.1 Å². The number of thiophene rings is 1. The average molecular weight is 541 g/mol. The number of nitrogens with one attached hydrogen (secondary N) is 1. The number of carbonyl (C=O) groups excluding carboxylic acids is 1. The van der Waals surface area contributed by atoms with Crippen LogP contribution in [0.4, 0.5) is 16.4 Å². The van der Waals surface area contributed by atoms with Crippen molar-refractivity contribution < 1.29 is 13.2 Å². The van der Waals surface area contributed by atoms with E-state index in [-0.39, 0.29) is 26.1 Å². The summed E-state index contributed by atoms with van der Waals surface area (Å²) in [5.74, 6) is -0.330. The van der Waals surface area contributed by atoms with Gasteiger partial charge in [0, 0.05) is 15.7 Å². The van der Waals surface area contributed by atoms with Crippen LogP contribution in [0.2, 0.25) is 0 Å². The summed E-state index contributed by atoms with van der Waals surface area (Å²) in [6.45, 7) is 3.80. The van der Waals surface area contributed by atoms with Gasteiger partial charge in [-0.15, -0.1) is 11.3 Å². The van der Waals surface area contributed by atoms with Gasteiger partial charge in [0.1, 0.15) is 14.8 Å². The van der Waals surface area contributed by atoms with Gasteiger partial charge in [0.15, 0.2) is 0 Å². The predicted molar refractivity (Wildman–Crippen MR) is 137 cm³/mol. The minimum Gasteiger partial charge on any atom is -0.396 e. The molecule has 0 unspecified atom stereocenters. The topological polar surface area (TPSA) is 89.3 Å². The molecule has 1 heterocycles. The van der Waals surface area contributed by atoms with Crippen LogP contribution in [0, 0.1) is 13.8 Å². The van der Waals surface area contributed by atoms with Crippen molar-refractivity contribution in [3.05, 3.63) is 98.8 Å². The number of hydrogen-bond acceptors (Lipinski definition) is 6. The van der Waals surface area contributed by atoms with Crippen molar-refractivity contribution in [1.29, 1.82) is 0 Å². The molecular weight excluding hydrogens is 520 g/mol. The Morgan fingerprint density at radius 3 is 2.21 bits per heavy atom. The molecule has 5 nitrogen and oxygen atoms in total. The molecular formula is C25H21BrN2O3S2. The van der Waals surface area contributed by atoms with Crippen LogP contribution in [0.1, 0.15) is 26.4 Å². The van der Waals surface area contributed by atoms with Gasteiger partial charge in [0.2, 0.25) is 15.6 Å². The van der Waals surface area contributed by atoms with Gasteiger partial charge in [0.05, 0.1) is 10.6 Å². The molecule has 168 valence electrons. The van der Waals surface area contributed by atoms with Crippen LogP contribution < -0.4 is 11.1 Å². The highest BCUT2D eigenvalue weighted by atomic mass is 79.9. The van der Waals surface area contributed by atoms with Gasteiger partial charge >= 0.3 is 0 Å². The highest BCUT2D eigenvalue weighted by molar-refractivity contribution is 9.10. The number of para-hydroxylation sites is 1. The Kier molecular flexibility index (Phi) is 6.43. The lowest BCUT2D eigenvalue weighted by Gasteiger charge is -2.11. The molecule has 0 aliphatic rings. The highest BCUT2D eigenvalue weighted by Gasteiger charge is 2.31. The van der Waals surface area contributed by atoms with E-state index in [9.17, 15) is 13.2 Å². The number of nitrogens with two attached hydrogens (primary N) is 1. The smallest absolute Gasteiger partial charge is 0.211 e. The number of ketones is 1. The number of carbonyl (C=O) groups is 1. The Hall–Kier alpha value is -2.94. The number of hydrogen-bond donors (Lipinski definition) is 2. The van der Waals surface area contributed by atoms with E-state index in [0.717, 1.165) is 32.6 Å². The van der Waals surface area contributed by atoms with Crippen LogP contribution in [0.3, 0.4) is 0 Å². The molecule has 4 rings (SSSR count). The van der Waals surface area contributed by atoms with Crippen LogP contribution in [0.25, 0.3) is 0 Å². The van der Waals surface area contributed by atoms with Crippen molar-refractivity contribution >= 4 is 59.3 Å². The first kappa shape index (κ1) is 23.2. The third-order valence-corrected chi connectivity index (χ3v) is 8.84. The lowest BCUT2D eigenvalue weighted by Crippen LogP contribution is -2.08. The molecule has 0 amide bonds. The van der Waals surface area contributed by atoms with Crippen LogP contribution in [-0.2, 0) is 9.84 Å². The van der Waals surface area contributed by atoms with E-state index in [0.29, 0.717) is 10.6 Å². The van der Waals surface area contributed by atoms with Crippen molar-refractivity contribution in [1.82, 2.24) is 0 Å². The standard InChI is InChI=1S/C25H21BrN2O3S2/c1-15-7-13-19(14-8-15)33(30,31)24-21(27)23(22(29)17-9-11-18(26)12-10-17)32-25(24)28-20-6-4-3-5-16(20)2/h3-14,28H,27H2,1-2H3. The minimum absolute atomic E-state index is 0.0513. The van der Waals surface area contributed by atoms with Gasteiger partial charge in [0.25, 0.3) is 0 Å². The maximum atomic E-state index is 13.6. The molecule has 8 heteroatoms. The molecule has 0 radical (unpaired) electrons. The van der Waals surface area contributed by atoms with Crippen molar-refractivity contribution in [3.8, 4) is 0 Å². The molecule has 0 aliphatic carbocycles. The van der Waals surface area contributed by atoms with Gasteiger partial charge in [-0.3, -0.25) is 4.79 Å². The zero-order valence-electron chi connectivity index (χ0n) is 17.9. The fraction of sp³-hybridized carbons (Fsp3) is 0.0800. The SMILES string of the molecule is Cc1ccc(S(=O)(=O)c2c(Nc3ccccc3C)sc(C(=O)c3ccc(Br)cc3)c2N)cc1. The second-order valence-electron chi connectivity index (χ2n) is 7.60. The van der Waals surface area contributed by atoms with Crippen molar-refractivity contribution in [2.45, 2.75) is 23.6 Å². The molecule has 0 aliphatic heterocycles. The summed E-state index contributed by atoms with van der Waals surface area (Å²) < 4.78 is 28.1. The fourth-order valence-electron chi connectivity index (χ4n) is 3.35. The molecule has 0 saturated carbocycles. The number of rotatable bonds is 6.